The second kappa shape index (κ2) is 5.75. The topological polar surface area (TPSA) is 59.8 Å². The fourth-order valence-corrected chi connectivity index (χ4v) is 2.26. The molecule has 7 heteroatoms. The van der Waals surface area contributed by atoms with Crippen molar-refractivity contribution in [3.63, 3.8) is 0 Å². The molecule has 1 amide bonds. The largest absolute Gasteiger partial charge is 0.320 e. The fourth-order valence-electron chi connectivity index (χ4n) is 2.26. The van der Waals surface area contributed by atoms with Gasteiger partial charge in [-0.25, -0.2) is 18.4 Å². The van der Waals surface area contributed by atoms with E-state index in [2.05, 4.69) is 15.4 Å². The summed E-state index contributed by atoms with van der Waals surface area (Å²) >= 11 is 0. The second-order valence-electron chi connectivity index (χ2n) is 5.40. The molecule has 0 aliphatic carbocycles. The minimum absolute atomic E-state index is 0.154. The maximum Gasteiger partial charge on any atom is 0.258 e. The van der Waals surface area contributed by atoms with Crippen LogP contribution in [-0.2, 0) is 0 Å². The molecule has 0 radical (unpaired) electrons. The lowest BCUT2D eigenvalue weighted by Crippen LogP contribution is -2.14. The first-order valence-electron chi connectivity index (χ1n) is 7.05. The Balaban J connectivity index is 1.89. The van der Waals surface area contributed by atoms with Crippen LogP contribution in [0.15, 0.2) is 36.7 Å². The summed E-state index contributed by atoms with van der Waals surface area (Å²) in [6, 6.07) is 4.57. The number of anilines is 1. The molecule has 0 unspecified atom stereocenters. The number of nitrogens with zero attached hydrogens (tertiary/aromatic N) is 3. The monoisotopic (exact) mass is 316 g/mol. The van der Waals surface area contributed by atoms with Gasteiger partial charge in [-0.15, -0.1) is 0 Å². The number of hydrogen-bond donors (Lipinski definition) is 1. The van der Waals surface area contributed by atoms with Crippen LogP contribution >= 0.6 is 0 Å². The number of benzene rings is 1. The molecule has 0 aliphatic rings. The molecule has 1 aromatic carbocycles. The molecule has 118 valence electrons. The Bertz CT molecular complexity index is 889. The highest BCUT2D eigenvalue weighted by molar-refractivity contribution is 6.05. The third-order valence-corrected chi connectivity index (χ3v) is 3.35. The average molecular weight is 316 g/mol. The predicted molar refractivity (Wildman–Crippen MR) is 82.2 cm³/mol. The van der Waals surface area contributed by atoms with Gasteiger partial charge >= 0.3 is 0 Å². The molecule has 5 nitrogen and oxygen atoms in total. The van der Waals surface area contributed by atoms with Crippen molar-refractivity contribution in [3.05, 3.63) is 53.9 Å². The zero-order chi connectivity index (χ0) is 16.6. The van der Waals surface area contributed by atoms with Gasteiger partial charge in [-0.2, -0.15) is 5.10 Å². The number of carbonyl (C=O) groups excluding carboxylic acids is 1. The SMILES string of the molecule is CC(C)n1ncc2cc(NC(=O)c3cc(F)ccc3F)cnc21. The van der Waals surface area contributed by atoms with E-state index >= 15 is 0 Å². The van der Waals surface area contributed by atoms with Crippen molar-refractivity contribution >= 4 is 22.6 Å². The summed E-state index contributed by atoms with van der Waals surface area (Å²) in [4.78, 5) is 16.3. The smallest absolute Gasteiger partial charge is 0.258 e. The molecule has 0 atom stereocenters. The second-order valence-corrected chi connectivity index (χ2v) is 5.40. The van der Waals surface area contributed by atoms with Crippen LogP contribution in [0.4, 0.5) is 14.5 Å². The zero-order valence-electron chi connectivity index (χ0n) is 12.5. The van der Waals surface area contributed by atoms with E-state index in [9.17, 15) is 13.6 Å². The molecule has 0 saturated heterocycles. The van der Waals surface area contributed by atoms with Crippen LogP contribution in [0.1, 0.15) is 30.2 Å². The van der Waals surface area contributed by atoms with E-state index in [1.54, 1.807) is 16.9 Å². The molecule has 2 aromatic heterocycles. The van der Waals surface area contributed by atoms with E-state index in [-0.39, 0.29) is 11.6 Å². The van der Waals surface area contributed by atoms with Crippen molar-refractivity contribution < 1.29 is 13.6 Å². The summed E-state index contributed by atoms with van der Waals surface area (Å²) in [6.07, 6.45) is 3.10. The lowest BCUT2D eigenvalue weighted by molar-refractivity contribution is 0.102. The summed E-state index contributed by atoms with van der Waals surface area (Å²) < 4.78 is 28.5. The first-order valence-corrected chi connectivity index (χ1v) is 7.05. The van der Waals surface area contributed by atoms with Gasteiger partial charge in [-0.3, -0.25) is 4.79 Å². The minimum atomic E-state index is -0.787. The Morgan fingerprint density at radius 3 is 2.74 bits per heavy atom. The average Bonchev–Trinajstić information content (AvgIpc) is 2.93. The van der Waals surface area contributed by atoms with Gasteiger partial charge in [0.1, 0.15) is 11.6 Å². The van der Waals surface area contributed by atoms with Crippen LogP contribution in [0.5, 0.6) is 0 Å². The van der Waals surface area contributed by atoms with Crippen LogP contribution in [-0.4, -0.2) is 20.7 Å². The third kappa shape index (κ3) is 2.90. The zero-order valence-corrected chi connectivity index (χ0v) is 12.5. The van der Waals surface area contributed by atoms with Gasteiger partial charge in [-0.05, 0) is 38.1 Å². The summed E-state index contributed by atoms with van der Waals surface area (Å²) in [5, 5.41) is 7.49. The van der Waals surface area contributed by atoms with Crippen LogP contribution in [0.2, 0.25) is 0 Å². The van der Waals surface area contributed by atoms with Crippen LogP contribution < -0.4 is 5.32 Å². The lowest BCUT2D eigenvalue weighted by atomic mass is 10.2. The quantitative estimate of drug-likeness (QED) is 0.804. The van der Waals surface area contributed by atoms with E-state index in [1.807, 2.05) is 13.8 Å². The number of amides is 1. The number of aromatic nitrogens is 3. The van der Waals surface area contributed by atoms with E-state index < -0.39 is 17.5 Å². The molecule has 23 heavy (non-hydrogen) atoms. The van der Waals surface area contributed by atoms with Crippen molar-refractivity contribution in [2.75, 3.05) is 5.32 Å². The number of carbonyl (C=O) groups is 1. The maximum absolute atomic E-state index is 13.6. The molecule has 3 rings (SSSR count). The van der Waals surface area contributed by atoms with Gasteiger partial charge in [0.15, 0.2) is 5.65 Å². The van der Waals surface area contributed by atoms with Crippen molar-refractivity contribution in [2.45, 2.75) is 19.9 Å². The molecule has 1 N–H and O–H groups in total. The van der Waals surface area contributed by atoms with E-state index in [4.69, 9.17) is 0 Å². The summed E-state index contributed by atoms with van der Waals surface area (Å²) in [5.41, 5.74) is 0.715. The van der Waals surface area contributed by atoms with E-state index in [1.165, 1.54) is 6.20 Å². The molecule has 0 fully saturated rings. The number of pyridine rings is 1. The highest BCUT2D eigenvalue weighted by Crippen LogP contribution is 2.20. The molecule has 0 bridgehead atoms. The number of hydrogen-bond acceptors (Lipinski definition) is 3. The summed E-state index contributed by atoms with van der Waals surface area (Å²) in [6.45, 7) is 3.97. The Kier molecular flexibility index (Phi) is 3.77. The molecule has 0 spiro atoms. The number of nitrogens with one attached hydrogen (secondary N) is 1. The standard InChI is InChI=1S/C16H14F2N4O/c1-9(2)22-15-10(7-20-22)5-12(8-19-15)21-16(23)13-6-11(17)3-4-14(13)18/h3-9H,1-2H3,(H,21,23). The maximum atomic E-state index is 13.6. The molecular formula is C16H14F2N4O. The van der Waals surface area contributed by atoms with Crippen molar-refractivity contribution in [1.82, 2.24) is 14.8 Å². The summed E-state index contributed by atoms with van der Waals surface area (Å²) in [7, 11) is 0. The Morgan fingerprint density at radius 2 is 2.00 bits per heavy atom. The Hall–Kier alpha value is -2.83. The minimum Gasteiger partial charge on any atom is -0.320 e. The van der Waals surface area contributed by atoms with Crippen molar-refractivity contribution in [1.29, 1.82) is 0 Å². The molecule has 3 aromatic rings. The number of rotatable bonds is 3. The van der Waals surface area contributed by atoms with Gasteiger partial charge in [0.25, 0.3) is 5.91 Å². The summed E-state index contributed by atoms with van der Waals surface area (Å²) in [5.74, 6) is -2.20. The first kappa shape index (κ1) is 15.1. The molecule has 0 saturated carbocycles. The fraction of sp³-hybridized carbons (Fsp3) is 0.188. The third-order valence-electron chi connectivity index (χ3n) is 3.35. The van der Waals surface area contributed by atoms with E-state index in [0.717, 1.165) is 23.6 Å². The van der Waals surface area contributed by atoms with Crippen LogP contribution in [0.3, 0.4) is 0 Å². The van der Waals surface area contributed by atoms with Crippen molar-refractivity contribution in [3.8, 4) is 0 Å². The van der Waals surface area contributed by atoms with Crippen LogP contribution in [0, 0.1) is 11.6 Å². The lowest BCUT2D eigenvalue weighted by Gasteiger charge is -2.08. The molecule has 0 aliphatic heterocycles. The number of fused-ring (bicyclic) bond motifs is 1. The molecular weight excluding hydrogens is 302 g/mol. The Morgan fingerprint density at radius 1 is 1.22 bits per heavy atom. The highest BCUT2D eigenvalue weighted by atomic mass is 19.1. The molecule has 2 heterocycles. The Labute approximate surface area is 130 Å². The first-order chi connectivity index (χ1) is 11.0. The van der Waals surface area contributed by atoms with Gasteiger partial charge in [0, 0.05) is 11.4 Å². The van der Waals surface area contributed by atoms with Crippen molar-refractivity contribution in [2.24, 2.45) is 0 Å². The normalized spacial score (nSPS) is 11.2. The van der Waals surface area contributed by atoms with Gasteiger partial charge in [0.2, 0.25) is 0 Å². The predicted octanol–water partition coefficient (Wildman–Crippen LogP) is 3.54. The number of halogens is 2. The van der Waals surface area contributed by atoms with Gasteiger partial charge in [-0.1, -0.05) is 0 Å². The van der Waals surface area contributed by atoms with E-state index in [0.29, 0.717) is 11.3 Å². The van der Waals surface area contributed by atoms with Crippen LogP contribution in [0.25, 0.3) is 11.0 Å². The van der Waals surface area contributed by atoms with Gasteiger partial charge < -0.3 is 5.32 Å². The van der Waals surface area contributed by atoms with Gasteiger partial charge in [0.05, 0.1) is 23.6 Å². The highest BCUT2D eigenvalue weighted by Gasteiger charge is 2.14.